The van der Waals surface area contributed by atoms with Gasteiger partial charge in [0.1, 0.15) is 0 Å². The zero-order chi connectivity index (χ0) is 14.4. The van der Waals surface area contributed by atoms with Gasteiger partial charge >= 0.3 is 0 Å². The third-order valence-corrected chi connectivity index (χ3v) is 4.09. The van der Waals surface area contributed by atoms with E-state index in [-0.39, 0.29) is 11.2 Å². The molecule has 2 aliphatic rings. The minimum atomic E-state index is -0.0763. The number of fused-ring (bicyclic) bond motifs is 1. The summed E-state index contributed by atoms with van der Waals surface area (Å²) in [6.07, 6.45) is 1.16. The average Bonchev–Trinajstić information content (AvgIpc) is 2.73. The average molecular weight is 274 g/mol. The number of nitrogens with zero attached hydrogens (tertiary/aromatic N) is 1. The highest BCUT2D eigenvalue weighted by atomic mass is 16.5. The van der Waals surface area contributed by atoms with Crippen molar-refractivity contribution < 1.29 is 4.74 Å². The molecule has 1 fully saturated rings. The van der Waals surface area contributed by atoms with Gasteiger partial charge in [-0.05, 0) is 45.2 Å². The number of nitrogens with one attached hydrogen (secondary N) is 1. The van der Waals surface area contributed by atoms with Gasteiger partial charge in [-0.2, -0.15) is 0 Å². The molecule has 3 rings (SSSR count). The lowest BCUT2D eigenvalue weighted by atomic mass is 9.98. The van der Waals surface area contributed by atoms with Crippen molar-refractivity contribution in [3.05, 3.63) is 29.3 Å². The van der Waals surface area contributed by atoms with Gasteiger partial charge in [0.05, 0.1) is 11.2 Å². The summed E-state index contributed by atoms with van der Waals surface area (Å²) < 4.78 is 6.16. The van der Waals surface area contributed by atoms with Crippen LogP contribution in [0.4, 0.5) is 5.69 Å². The first-order chi connectivity index (χ1) is 9.35. The lowest BCUT2D eigenvalue weighted by Gasteiger charge is -2.47. The molecule has 0 bridgehead atoms. The smallest absolute Gasteiger partial charge is 0.0760 e. The summed E-state index contributed by atoms with van der Waals surface area (Å²) in [6.45, 7) is 12.8. The van der Waals surface area contributed by atoms with Crippen LogP contribution in [0.5, 0.6) is 0 Å². The minimum absolute atomic E-state index is 0.0763. The normalized spacial score (nSPS) is 24.2. The molecular weight excluding hydrogens is 248 g/mol. The first kappa shape index (κ1) is 13.9. The lowest BCUT2D eigenvalue weighted by molar-refractivity contribution is -0.182. The maximum Gasteiger partial charge on any atom is 0.0760 e. The van der Waals surface area contributed by atoms with Gasteiger partial charge in [-0.25, -0.2) is 0 Å². The zero-order valence-electron chi connectivity index (χ0n) is 13.1. The molecule has 20 heavy (non-hydrogen) atoms. The van der Waals surface area contributed by atoms with E-state index in [4.69, 9.17) is 4.74 Å². The number of ether oxygens (including phenoxy) is 1. The van der Waals surface area contributed by atoms with Crippen molar-refractivity contribution in [1.29, 1.82) is 0 Å². The molecule has 1 aromatic carbocycles. The number of anilines is 1. The highest BCUT2D eigenvalue weighted by Gasteiger charge is 2.38. The van der Waals surface area contributed by atoms with Crippen molar-refractivity contribution in [2.75, 3.05) is 25.0 Å². The molecular formula is C17H26N2O. The third kappa shape index (κ3) is 2.84. The van der Waals surface area contributed by atoms with Gasteiger partial charge in [0.2, 0.25) is 0 Å². The van der Waals surface area contributed by atoms with E-state index in [1.807, 2.05) is 0 Å². The molecule has 110 valence electrons. The van der Waals surface area contributed by atoms with E-state index >= 15 is 0 Å². The van der Waals surface area contributed by atoms with Gasteiger partial charge in [0, 0.05) is 31.9 Å². The van der Waals surface area contributed by atoms with Crippen LogP contribution >= 0.6 is 0 Å². The van der Waals surface area contributed by atoms with Crippen LogP contribution in [0.3, 0.4) is 0 Å². The Bertz CT molecular complexity index is 492. The Balaban J connectivity index is 1.80. The minimum Gasteiger partial charge on any atom is -0.384 e. The number of hydrogen-bond acceptors (Lipinski definition) is 3. The van der Waals surface area contributed by atoms with Crippen LogP contribution in [0.2, 0.25) is 0 Å². The first-order valence-electron chi connectivity index (χ1n) is 7.62. The van der Waals surface area contributed by atoms with Gasteiger partial charge in [-0.1, -0.05) is 18.2 Å². The second kappa shape index (κ2) is 4.74. The highest BCUT2D eigenvalue weighted by molar-refractivity contribution is 5.61. The van der Waals surface area contributed by atoms with E-state index in [1.165, 1.54) is 16.8 Å². The van der Waals surface area contributed by atoms with E-state index in [1.54, 1.807) is 0 Å². The lowest BCUT2D eigenvalue weighted by Crippen LogP contribution is -2.56. The Labute approximate surface area is 122 Å². The number of rotatable bonds is 2. The van der Waals surface area contributed by atoms with Crippen LogP contribution in [-0.2, 0) is 17.7 Å². The fourth-order valence-corrected chi connectivity index (χ4v) is 3.84. The van der Waals surface area contributed by atoms with Crippen molar-refractivity contribution in [3.63, 3.8) is 0 Å². The SMILES string of the molecule is CC1(C)CN(Cc2cccc3c2NCC3)CC(C)(C)O1. The van der Waals surface area contributed by atoms with Crippen molar-refractivity contribution in [1.82, 2.24) is 4.90 Å². The molecule has 0 saturated carbocycles. The summed E-state index contributed by atoms with van der Waals surface area (Å²) in [5.41, 5.74) is 4.11. The summed E-state index contributed by atoms with van der Waals surface area (Å²) in [4.78, 5) is 2.53. The van der Waals surface area contributed by atoms with Crippen LogP contribution in [0.25, 0.3) is 0 Å². The first-order valence-corrected chi connectivity index (χ1v) is 7.62. The summed E-state index contributed by atoms with van der Waals surface area (Å²) in [6, 6.07) is 6.69. The molecule has 0 aliphatic carbocycles. The Morgan fingerprint density at radius 2 is 1.85 bits per heavy atom. The molecule has 0 spiro atoms. The number of hydrogen-bond donors (Lipinski definition) is 1. The Morgan fingerprint density at radius 3 is 2.55 bits per heavy atom. The third-order valence-electron chi connectivity index (χ3n) is 4.09. The van der Waals surface area contributed by atoms with E-state index < -0.39 is 0 Å². The molecule has 0 atom stereocenters. The standard InChI is InChI=1S/C17H26N2O/c1-16(2)11-19(12-17(3,4)20-16)10-14-7-5-6-13-8-9-18-15(13)14/h5-7,18H,8-12H2,1-4H3. The van der Waals surface area contributed by atoms with Crippen molar-refractivity contribution >= 4 is 5.69 Å². The maximum atomic E-state index is 6.16. The fourth-order valence-electron chi connectivity index (χ4n) is 3.84. The second-order valence-corrected chi connectivity index (χ2v) is 7.39. The van der Waals surface area contributed by atoms with Crippen LogP contribution in [-0.4, -0.2) is 35.7 Å². The van der Waals surface area contributed by atoms with E-state index in [0.29, 0.717) is 0 Å². The maximum absolute atomic E-state index is 6.16. The van der Waals surface area contributed by atoms with Gasteiger partial charge in [-0.3, -0.25) is 4.90 Å². The molecule has 2 heterocycles. The summed E-state index contributed by atoms with van der Waals surface area (Å²) in [5, 5.41) is 3.54. The Kier molecular flexibility index (Phi) is 3.30. The number of benzene rings is 1. The summed E-state index contributed by atoms with van der Waals surface area (Å²) >= 11 is 0. The molecule has 0 unspecified atom stereocenters. The molecule has 1 aromatic rings. The van der Waals surface area contributed by atoms with E-state index in [0.717, 1.165) is 32.6 Å². The van der Waals surface area contributed by atoms with Crippen LogP contribution in [0.1, 0.15) is 38.8 Å². The molecule has 3 nitrogen and oxygen atoms in total. The topological polar surface area (TPSA) is 24.5 Å². The summed E-state index contributed by atoms with van der Waals surface area (Å²) in [7, 11) is 0. The number of para-hydroxylation sites is 1. The molecule has 1 saturated heterocycles. The van der Waals surface area contributed by atoms with Gasteiger partial charge < -0.3 is 10.1 Å². The second-order valence-electron chi connectivity index (χ2n) is 7.39. The zero-order valence-corrected chi connectivity index (χ0v) is 13.1. The van der Waals surface area contributed by atoms with Crippen molar-refractivity contribution in [2.24, 2.45) is 0 Å². The highest BCUT2D eigenvalue weighted by Crippen LogP contribution is 2.32. The fraction of sp³-hybridized carbons (Fsp3) is 0.647. The van der Waals surface area contributed by atoms with E-state index in [9.17, 15) is 0 Å². The van der Waals surface area contributed by atoms with Crippen molar-refractivity contribution in [2.45, 2.75) is 51.9 Å². The van der Waals surface area contributed by atoms with Crippen LogP contribution in [0.15, 0.2) is 18.2 Å². The van der Waals surface area contributed by atoms with Crippen molar-refractivity contribution in [3.8, 4) is 0 Å². The van der Waals surface area contributed by atoms with E-state index in [2.05, 4.69) is 56.1 Å². The molecule has 0 amide bonds. The largest absolute Gasteiger partial charge is 0.384 e. The number of morpholine rings is 1. The molecule has 3 heteroatoms. The van der Waals surface area contributed by atoms with Gasteiger partial charge in [0.25, 0.3) is 0 Å². The van der Waals surface area contributed by atoms with Gasteiger partial charge in [-0.15, -0.1) is 0 Å². The Morgan fingerprint density at radius 1 is 1.15 bits per heavy atom. The molecule has 0 radical (unpaired) electrons. The monoisotopic (exact) mass is 274 g/mol. The van der Waals surface area contributed by atoms with Gasteiger partial charge in [0.15, 0.2) is 0 Å². The quantitative estimate of drug-likeness (QED) is 0.897. The summed E-state index contributed by atoms with van der Waals surface area (Å²) in [5.74, 6) is 0. The van der Waals surface area contributed by atoms with Crippen LogP contribution in [0, 0.1) is 0 Å². The molecule has 2 aliphatic heterocycles. The predicted molar refractivity (Wildman–Crippen MR) is 83.2 cm³/mol. The molecule has 1 N–H and O–H groups in total. The predicted octanol–water partition coefficient (Wildman–Crippen LogP) is 3.04. The van der Waals surface area contributed by atoms with Crippen LogP contribution < -0.4 is 5.32 Å². The molecule has 0 aromatic heterocycles. The Hall–Kier alpha value is -1.06.